The van der Waals surface area contributed by atoms with Crippen molar-refractivity contribution in [2.45, 2.75) is 4.90 Å². The second-order valence-corrected chi connectivity index (χ2v) is 7.44. The number of pyridine rings is 1. The van der Waals surface area contributed by atoms with Crippen molar-refractivity contribution in [3.05, 3.63) is 46.2 Å². The zero-order valence-electron chi connectivity index (χ0n) is 11.3. The Labute approximate surface area is 137 Å². The molecule has 21 heavy (non-hydrogen) atoms. The monoisotopic (exact) mass is 389 g/mol. The van der Waals surface area contributed by atoms with E-state index in [-0.39, 0.29) is 9.92 Å². The number of rotatable bonds is 4. The largest absolute Gasteiger partial charge is 0.376 e. The second-order valence-electron chi connectivity index (χ2n) is 4.47. The first-order chi connectivity index (χ1) is 9.81. The molecule has 1 N–H and O–H groups in total. The van der Waals surface area contributed by atoms with Crippen LogP contribution in [0.15, 0.2) is 46.0 Å². The van der Waals surface area contributed by atoms with E-state index in [0.717, 1.165) is 10.2 Å². The fourth-order valence-corrected chi connectivity index (χ4v) is 3.60. The van der Waals surface area contributed by atoms with Crippen molar-refractivity contribution >= 4 is 48.9 Å². The molecule has 5 nitrogen and oxygen atoms in total. The molecule has 0 aliphatic rings. The number of hydrogen-bond donors (Lipinski definition) is 1. The van der Waals surface area contributed by atoms with Gasteiger partial charge in [-0.25, -0.2) is 8.42 Å². The molecule has 1 aromatic carbocycles. The Morgan fingerprint density at radius 2 is 2.00 bits per heavy atom. The number of nitrogens with one attached hydrogen (secondary N) is 1. The average molecular weight is 391 g/mol. The summed E-state index contributed by atoms with van der Waals surface area (Å²) in [4.78, 5) is 5.56. The summed E-state index contributed by atoms with van der Waals surface area (Å²) in [5.74, 6) is 0. The molecule has 0 spiro atoms. The van der Waals surface area contributed by atoms with E-state index < -0.39 is 10.0 Å². The lowest BCUT2D eigenvalue weighted by molar-refractivity contribution is 0.601. The van der Waals surface area contributed by atoms with Crippen LogP contribution in [0.1, 0.15) is 0 Å². The van der Waals surface area contributed by atoms with E-state index in [1.54, 1.807) is 6.07 Å². The first-order valence-electron chi connectivity index (χ1n) is 5.90. The maximum atomic E-state index is 12.4. The van der Waals surface area contributed by atoms with Gasteiger partial charge in [0.2, 0.25) is 0 Å². The van der Waals surface area contributed by atoms with Gasteiger partial charge in [0.1, 0.15) is 4.90 Å². The van der Waals surface area contributed by atoms with Crippen LogP contribution in [0.4, 0.5) is 11.4 Å². The molecule has 0 saturated carbocycles. The Bertz CT molecular complexity index is 766. The lowest BCUT2D eigenvalue weighted by Gasteiger charge is -2.19. The molecule has 1 heterocycles. The number of aromatic nitrogens is 1. The van der Waals surface area contributed by atoms with Crippen LogP contribution in [0.5, 0.6) is 0 Å². The number of anilines is 2. The molecule has 0 aliphatic heterocycles. The van der Waals surface area contributed by atoms with E-state index >= 15 is 0 Å². The topological polar surface area (TPSA) is 62.3 Å². The quantitative estimate of drug-likeness (QED) is 0.869. The van der Waals surface area contributed by atoms with Crippen molar-refractivity contribution in [1.82, 2.24) is 4.98 Å². The number of sulfonamides is 1. The zero-order valence-corrected chi connectivity index (χ0v) is 14.5. The van der Waals surface area contributed by atoms with E-state index in [1.807, 2.05) is 31.1 Å². The van der Waals surface area contributed by atoms with Crippen molar-refractivity contribution in [2.24, 2.45) is 0 Å². The van der Waals surface area contributed by atoms with E-state index in [1.165, 1.54) is 18.5 Å². The maximum Gasteiger partial charge on any atom is 0.264 e. The maximum absolute atomic E-state index is 12.4. The molecular formula is C13H13BrClN3O2S. The summed E-state index contributed by atoms with van der Waals surface area (Å²) >= 11 is 9.26. The molecule has 0 bridgehead atoms. The smallest absolute Gasteiger partial charge is 0.264 e. The minimum Gasteiger partial charge on any atom is -0.376 e. The Kier molecular flexibility index (Phi) is 4.75. The molecule has 1 aromatic heterocycles. The fraction of sp³-hybridized carbons (Fsp3) is 0.154. The van der Waals surface area contributed by atoms with E-state index in [4.69, 9.17) is 11.6 Å². The van der Waals surface area contributed by atoms with Crippen LogP contribution in [0.25, 0.3) is 0 Å². The molecular weight excluding hydrogens is 378 g/mol. The highest BCUT2D eigenvalue weighted by molar-refractivity contribution is 9.10. The highest BCUT2D eigenvalue weighted by Crippen LogP contribution is 2.31. The Hall–Kier alpha value is -1.31. The summed E-state index contributed by atoms with van der Waals surface area (Å²) < 4.78 is 28.2. The predicted octanol–water partition coefficient (Wildman–Crippen LogP) is 3.36. The molecule has 2 aromatic rings. The van der Waals surface area contributed by atoms with Crippen LogP contribution in [0, 0.1) is 0 Å². The third-order valence-electron chi connectivity index (χ3n) is 2.71. The van der Waals surface area contributed by atoms with Crippen LogP contribution in [0.2, 0.25) is 5.02 Å². The predicted molar refractivity (Wildman–Crippen MR) is 88.5 cm³/mol. The lowest BCUT2D eigenvalue weighted by Crippen LogP contribution is -2.17. The number of halogens is 2. The Morgan fingerprint density at radius 1 is 1.29 bits per heavy atom. The standard InChI is InChI=1S/C13H13BrClN3O2S/c1-18(2)12-4-3-9(14)7-11(12)17-21(19,20)13-8-16-6-5-10(13)15/h3-8,17H,1-2H3. The van der Waals surface area contributed by atoms with Gasteiger partial charge in [0, 0.05) is 31.0 Å². The van der Waals surface area contributed by atoms with Gasteiger partial charge in [-0.2, -0.15) is 0 Å². The fourth-order valence-electron chi connectivity index (χ4n) is 1.74. The summed E-state index contributed by atoms with van der Waals surface area (Å²) in [6.45, 7) is 0. The normalized spacial score (nSPS) is 11.2. The molecule has 2 rings (SSSR count). The molecule has 0 fully saturated rings. The zero-order chi connectivity index (χ0) is 15.6. The number of hydrogen-bond acceptors (Lipinski definition) is 4. The molecule has 0 radical (unpaired) electrons. The summed E-state index contributed by atoms with van der Waals surface area (Å²) in [5, 5.41) is 0.124. The Balaban J connectivity index is 2.47. The highest BCUT2D eigenvalue weighted by Gasteiger charge is 2.20. The van der Waals surface area contributed by atoms with Crippen molar-refractivity contribution in [1.29, 1.82) is 0 Å². The lowest BCUT2D eigenvalue weighted by atomic mass is 10.2. The molecule has 0 unspecified atom stereocenters. The van der Waals surface area contributed by atoms with Crippen LogP contribution in [0.3, 0.4) is 0 Å². The van der Waals surface area contributed by atoms with Gasteiger partial charge in [0.25, 0.3) is 10.0 Å². The van der Waals surface area contributed by atoms with Gasteiger partial charge in [-0.1, -0.05) is 27.5 Å². The van der Waals surface area contributed by atoms with Crippen molar-refractivity contribution in [3.63, 3.8) is 0 Å². The first kappa shape index (κ1) is 16.1. The van der Waals surface area contributed by atoms with Gasteiger partial charge in [-0.3, -0.25) is 9.71 Å². The minimum absolute atomic E-state index is 0.0589. The SMILES string of the molecule is CN(C)c1ccc(Br)cc1NS(=O)(=O)c1cnccc1Cl. The first-order valence-corrected chi connectivity index (χ1v) is 8.56. The molecule has 8 heteroatoms. The Morgan fingerprint density at radius 3 is 2.62 bits per heavy atom. The van der Waals surface area contributed by atoms with Crippen LogP contribution < -0.4 is 9.62 Å². The van der Waals surface area contributed by atoms with Gasteiger partial charge in [-0.15, -0.1) is 0 Å². The number of benzene rings is 1. The summed E-state index contributed by atoms with van der Waals surface area (Å²) in [6.07, 6.45) is 2.66. The van der Waals surface area contributed by atoms with E-state index in [9.17, 15) is 8.42 Å². The van der Waals surface area contributed by atoms with Gasteiger partial charge in [-0.05, 0) is 24.3 Å². The van der Waals surface area contributed by atoms with Gasteiger partial charge in [0.05, 0.1) is 16.4 Å². The van der Waals surface area contributed by atoms with Crippen LogP contribution in [-0.2, 0) is 10.0 Å². The van der Waals surface area contributed by atoms with Gasteiger partial charge < -0.3 is 4.90 Å². The van der Waals surface area contributed by atoms with E-state index in [0.29, 0.717) is 5.69 Å². The average Bonchev–Trinajstić information content (AvgIpc) is 2.38. The summed E-state index contributed by atoms with van der Waals surface area (Å²) in [7, 11) is -0.146. The molecule has 0 aliphatic carbocycles. The molecule has 0 amide bonds. The summed E-state index contributed by atoms with van der Waals surface area (Å²) in [5.41, 5.74) is 1.19. The van der Waals surface area contributed by atoms with Crippen LogP contribution >= 0.6 is 27.5 Å². The third kappa shape index (κ3) is 3.66. The molecule has 0 atom stereocenters. The van der Waals surface area contributed by atoms with Crippen molar-refractivity contribution in [2.75, 3.05) is 23.7 Å². The van der Waals surface area contributed by atoms with Crippen LogP contribution in [-0.4, -0.2) is 27.5 Å². The minimum atomic E-state index is -3.81. The van der Waals surface area contributed by atoms with Gasteiger partial charge >= 0.3 is 0 Å². The van der Waals surface area contributed by atoms with E-state index in [2.05, 4.69) is 25.6 Å². The van der Waals surface area contributed by atoms with Gasteiger partial charge in [0.15, 0.2) is 0 Å². The molecule has 112 valence electrons. The molecule has 0 saturated heterocycles. The van der Waals surface area contributed by atoms with Crippen molar-refractivity contribution in [3.8, 4) is 0 Å². The third-order valence-corrected chi connectivity index (χ3v) is 5.04. The number of nitrogens with zero attached hydrogens (tertiary/aromatic N) is 2. The summed E-state index contributed by atoms with van der Waals surface area (Å²) in [6, 6.07) is 6.78. The highest BCUT2D eigenvalue weighted by atomic mass is 79.9. The van der Waals surface area contributed by atoms with Crippen molar-refractivity contribution < 1.29 is 8.42 Å². The second kappa shape index (κ2) is 6.21.